The highest BCUT2D eigenvalue weighted by atomic mass is 32.2. The summed E-state index contributed by atoms with van der Waals surface area (Å²) in [5.41, 5.74) is -3.14. The SMILES string of the molecule is COCC(NC(=O)[C@H](COC)NC(=O)c1cnc(C)s1)C(=O)N[C@@H](Cc1ccccc1)C(=O)[C@](C)(O)COS(=O)(=O)c1ccc(C(F)(F)F)cc1. The van der Waals surface area contributed by atoms with Crippen LogP contribution >= 0.6 is 11.3 Å². The van der Waals surface area contributed by atoms with Gasteiger partial charge in [0.25, 0.3) is 16.0 Å². The molecule has 0 bridgehead atoms. The van der Waals surface area contributed by atoms with Gasteiger partial charge in [-0.25, -0.2) is 4.98 Å². The number of carbonyl (C=O) groups is 4. The number of benzene rings is 2. The quantitative estimate of drug-likeness (QED) is 0.138. The molecule has 0 aliphatic rings. The Bertz CT molecular complexity index is 1770. The van der Waals surface area contributed by atoms with Crippen molar-refractivity contribution in [2.45, 2.75) is 55.1 Å². The third-order valence-corrected chi connectivity index (χ3v) is 9.37. The first-order valence-corrected chi connectivity index (χ1v) is 17.3. The third-order valence-electron chi connectivity index (χ3n) is 7.18. The predicted octanol–water partition coefficient (Wildman–Crippen LogP) is 1.80. The minimum absolute atomic E-state index is 0.197. The van der Waals surface area contributed by atoms with E-state index in [1.165, 1.54) is 20.4 Å². The number of nitrogens with one attached hydrogen (secondary N) is 3. The molecule has 1 unspecified atom stereocenters. The van der Waals surface area contributed by atoms with Gasteiger partial charge in [0.05, 0.1) is 40.9 Å². The summed E-state index contributed by atoms with van der Waals surface area (Å²) in [6.07, 6.45) is -3.57. The Kier molecular flexibility index (Phi) is 14.3. The number of ketones is 1. The average Bonchev–Trinajstić information content (AvgIpc) is 3.52. The lowest BCUT2D eigenvalue weighted by Crippen LogP contribution is -2.60. The molecule has 4 atom stereocenters. The van der Waals surface area contributed by atoms with E-state index in [0.29, 0.717) is 34.8 Å². The van der Waals surface area contributed by atoms with Crippen molar-refractivity contribution in [3.05, 3.63) is 81.8 Å². The second-order valence-electron chi connectivity index (χ2n) is 11.4. The Morgan fingerprint density at radius 1 is 0.882 bits per heavy atom. The largest absolute Gasteiger partial charge is 0.416 e. The molecule has 0 fully saturated rings. The first-order valence-electron chi connectivity index (χ1n) is 15.1. The zero-order valence-electron chi connectivity index (χ0n) is 27.9. The molecule has 19 heteroatoms. The zero-order chi connectivity index (χ0) is 38.0. The molecule has 1 heterocycles. The van der Waals surface area contributed by atoms with Gasteiger partial charge in [-0.2, -0.15) is 21.6 Å². The highest BCUT2D eigenvalue weighted by Gasteiger charge is 2.40. The maximum Gasteiger partial charge on any atom is 0.416 e. The number of aromatic nitrogens is 1. The average molecular weight is 759 g/mol. The number of ether oxygens (including phenoxy) is 2. The standard InChI is InChI=1S/C32H37F3N4O10S2/c1-19-36-15-26(50-19)30(43)39-25(17-48-4)29(42)38-24(16-47-3)28(41)37-23(14-20-8-6-5-7-9-20)27(40)31(2,44)18-49-51(45,46)22-12-10-21(11-13-22)32(33,34)35/h5-13,15,23-25,44H,14,16-18H2,1-4H3,(H,37,41)(H,38,42)(H,39,43)/t23-,24?,25-,31+/m0/s1. The number of alkyl halides is 3. The molecule has 3 aromatic rings. The van der Waals surface area contributed by atoms with E-state index in [9.17, 15) is 45.9 Å². The fourth-order valence-corrected chi connectivity index (χ4v) is 6.19. The molecule has 3 rings (SSSR count). The number of aliphatic hydroxyl groups is 1. The van der Waals surface area contributed by atoms with Crippen LogP contribution in [0.2, 0.25) is 0 Å². The van der Waals surface area contributed by atoms with Crippen molar-refractivity contribution in [2.75, 3.05) is 34.0 Å². The maximum atomic E-state index is 13.7. The third kappa shape index (κ3) is 11.9. The Hall–Kier alpha value is -4.27. The zero-order valence-corrected chi connectivity index (χ0v) is 29.5. The van der Waals surface area contributed by atoms with Gasteiger partial charge in [0.1, 0.15) is 29.2 Å². The maximum absolute atomic E-state index is 13.7. The number of methoxy groups -OCH3 is 2. The topological polar surface area (TPSA) is 199 Å². The second kappa shape index (κ2) is 17.8. The summed E-state index contributed by atoms with van der Waals surface area (Å²) in [6, 6.07) is 6.46. The molecule has 3 amide bonds. The lowest BCUT2D eigenvalue weighted by molar-refractivity contribution is -0.143. The Balaban J connectivity index is 1.79. The molecule has 0 aliphatic carbocycles. The van der Waals surface area contributed by atoms with Gasteiger partial charge in [-0.15, -0.1) is 11.3 Å². The molecule has 0 saturated carbocycles. The number of rotatable bonds is 18. The summed E-state index contributed by atoms with van der Waals surface area (Å²) in [5.74, 6) is -3.46. The summed E-state index contributed by atoms with van der Waals surface area (Å²) in [4.78, 5) is 56.8. The minimum Gasteiger partial charge on any atom is -0.382 e. The summed E-state index contributed by atoms with van der Waals surface area (Å²) < 4.78 is 79.3. The number of halogens is 3. The lowest BCUT2D eigenvalue weighted by atomic mass is 9.91. The van der Waals surface area contributed by atoms with Crippen LogP contribution in [0.5, 0.6) is 0 Å². The summed E-state index contributed by atoms with van der Waals surface area (Å²) in [5, 5.41) is 19.2. The van der Waals surface area contributed by atoms with E-state index < -0.39 is 87.2 Å². The fraction of sp³-hybridized carbons (Fsp3) is 0.406. The van der Waals surface area contributed by atoms with Crippen LogP contribution < -0.4 is 16.0 Å². The number of carbonyl (C=O) groups excluding carboxylic acids is 4. The molecule has 2 aromatic carbocycles. The van der Waals surface area contributed by atoms with Crippen molar-refractivity contribution in [3.8, 4) is 0 Å². The van der Waals surface area contributed by atoms with Gasteiger partial charge in [-0.1, -0.05) is 30.3 Å². The molecule has 0 radical (unpaired) electrons. The van der Waals surface area contributed by atoms with Gasteiger partial charge >= 0.3 is 6.18 Å². The van der Waals surface area contributed by atoms with Crippen molar-refractivity contribution in [2.24, 2.45) is 0 Å². The molecule has 0 aliphatic heterocycles. The fourth-order valence-electron chi connectivity index (χ4n) is 4.52. The van der Waals surface area contributed by atoms with Crippen LogP contribution in [0.1, 0.15) is 32.7 Å². The van der Waals surface area contributed by atoms with E-state index in [1.807, 2.05) is 0 Å². The molecule has 14 nitrogen and oxygen atoms in total. The van der Waals surface area contributed by atoms with Gasteiger partial charge in [-0.05, 0) is 50.1 Å². The lowest BCUT2D eigenvalue weighted by Gasteiger charge is -2.29. The van der Waals surface area contributed by atoms with E-state index in [1.54, 1.807) is 37.3 Å². The van der Waals surface area contributed by atoms with Crippen LogP contribution in [0.25, 0.3) is 0 Å². The summed E-state index contributed by atoms with van der Waals surface area (Å²) in [7, 11) is -2.20. The monoisotopic (exact) mass is 758 g/mol. The number of thiazole rings is 1. The van der Waals surface area contributed by atoms with E-state index in [2.05, 4.69) is 20.9 Å². The van der Waals surface area contributed by atoms with Crippen LogP contribution in [0.3, 0.4) is 0 Å². The molecule has 278 valence electrons. The van der Waals surface area contributed by atoms with Crippen molar-refractivity contribution < 1.29 is 59.5 Å². The predicted molar refractivity (Wildman–Crippen MR) is 176 cm³/mol. The number of amides is 3. The van der Waals surface area contributed by atoms with E-state index in [-0.39, 0.29) is 17.9 Å². The molecule has 0 spiro atoms. The minimum atomic E-state index is -4.74. The molecular formula is C32H37F3N4O10S2. The van der Waals surface area contributed by atoms with Gasteiger partial charge in [-0.3, -0.25) is 23.4 Å². The molecule has 4 N–H and O–H groups in total. The van der Waals surface area contributed by atoms with E-state index >= 15 is 0 Å². The number of hydrogen-bond acceptors (Lipinski definition) is 12. The second-order valence-corrected chi connectivity index (χ2v) is 14.2. The molecular weight excluding hydrogens is 721 g/mol. The van der Waals surface area contributed by atoms with Gasteiger partial charge in [0.2, 0.25) is 11.8 Å². The number of Topliss-reactive ketones (excluding diaryl/α,β-unsaturated/α-hetero) is 1. The summed E-state index contributed by atoms with van der Waals surface area (Å²) in [6.45, 7) is 0.813. The summed E-state index contributed by atoms with van der Waals surface area (Å²) >= 11 is 1.10. The number of hydrogen-bond donors (Lipinski definition) is 4. The van der Waals surface area contributed by atoms with Crippen molar-refractivity contribution in [1.29, 1.82) is 0 Å². The van der Waals surface area contributed by atoms with Crippen molar-refractivity contribution >= 4 is 45.0 Å². The smallest absolute Gasteiger partial charge is 0.382 e. The van der Waals surface area contributed by atoms with Gasteiger partial charge in [0, 0.05) is 14.2 Å². The Morgan fingerprint density at radius 3 is 1.94 bits per heavy atom. The Labute approximate surface area is 295 Å². The highest BCUT2D eigenvalue weighted by Crippen LogP contribution is 2.30. The van der Waals surface area contributed by atoms with Gasteiger partial charge < -0.3 is 30.5 Å². The van der Waals surface area contributed by atoms with Crippen molar-refractivity contribution in [1.82, 2.24) is 20.9 Å². The molecule has 51 heavy (non-hydrogen) atoms. The number of aryl methyl sites for hydroxylation is 1. The molecule has 1 aromatic heterocycles. The first kappa shape index (κ1) is 41.2. The van der Waals surface area contributed by atoms with Crippen LogP contribution in [-0.2, 0) is 50.8 Å². The van der Waals surface area contributed by atoms with E-state index in [4.69, 9.17) is 13.7 Å². The highest BCUT2D eigenvalue weighted by molar-refractivity contribution is 7.86. The Morgan fingerprint density at radius 2 is 1.43 bits per heavy atom. The van der Waals surface area contributed by atoms with Crippen LogP contribution in [-0.4, -0.2) is 99.8 Å². The van der Waals surface area contributed by atoms with E-state index in [0.717, 1.165) is 18.3 Å². The van der Waals surface area contributed by atoms with Crippen LogP contribution in [0.15, 0.2) is 65.7 Å². The van der Waals surface area contributed by atoms with Crippen molar-refractivity contribution in [3.63, 3.8) is 0 Å². The van der Waals surface area contributed by atoms with Crippen LogP contribution in [0.4, 0.5) is 13.2 Å². The van der Waals surface area contributed by atoms with Crippen LogP contribution in [0, 0.1) is 6.92 Å². The molecule has 0 saturated heterocycles. The normalized spacial score (nSPS) is 14.8. The number of nitrogens with zero attached hydrogens (tertiary/aromatic N) is 1. The van der Waals surface area contributed by atoms with Gasteiger partial charge in [0.15, 0.2) is 5.78 Å². The first-order chi connectivity index (χ1) is 23.9.